The van der Waals surface area contributed by atoms with Crippen LogP contribution in [0.25, 0.3) is 32.4 Å². The number of hydrogen-bond acceptors (Lipinski definition) is 3. The Morgan fingerprint density at radius 1 is 0.531 bits per heavy atom. The molecule has 0 amide bonds. The number of fused-ring (bicyclic) bond motifs is 6. The van der Waals surface area contributed by atoms with Crippen molar-refractivity contribution < 1.29 is 4.74 Å². The summed E-state index contributed by atoms with van der Waals surface area (Å²) < 4.78 is 5.91. The van der Waals surface area contributed by atoms with E-state index in [-0.39, 0.29) is 0 Å². The topological polar surface area (TPSA) is 35.0 Å². The summed E-state index contributed by atoms with van der Waals surface area (Å²) in [6.45, 7) is 0. The maximum atomic E-state index is 5.91. The molecule has 0 saturated heterocycles. The number of rotatable bonds is 4. The Kier molecular flexibility index (Phi) is 4.51. The Morgan fingerprint density at radius 3 is 2.16 bits per heavy atom. The highest BCUT2D eigenvalue weighted by Gasteiger charge is 2.10. The van der Waals surface area contributed by atoms with Crippen molar-refractivity contribution in [3.8, 4) is 11.6 Å². The molecule has 0 aliphatic heterocycles. The van der Waals surface area contributed by atoms with Gasteiger partial charge in [-0.05, 0) is 64.0 Å². The van der Waals surface area contributed by atoms with Crippen molar-refractivity contribution in [2.75, 3.05) is 0 Å². The van der Waals surface area contributed by atoms with Gasteiger partial charge in [0.1, 0.15) is 5.75 Å². The van der Waals surface area contributed by atoms with Gasteiger partial charge in [0, 0.05) is 29.2 Å². The summed E-state index contributed by atoms with van der Waals surface area (Å²) in [7, 11) is 0. The quantitative estimate of drug-likeness (QED) is 0.285. The van der Waals surface area contributed by atoms with Gasteiger partial charge in [0.05, 0.1) is 5.52 Å². The maximum absolute atomic E-state index is 5.91. The third-order valence-corrected chi connectivity index (χ3v) is 5.82. The van der Waals surface area contributed by atoms with E-state index in [2.05, 4.69) is 65.6 Å². The third kappa shape index (κ3) is 3.34. The third-order valence-electron chi connectivity index (χ3n) is 5.82. The van der Waals surface area contributed by atoms with Crippen LogP contribution in [0.3, 0.4) is 0 Å². The minimum Gasteiger partial charge on any atom is -0.439 e. The lowest BCUT2D eigenvalue weighted by Gasteiger charge is -2.11. The van der Waals surface area contributed by atoms with Crippen molar-refractivity contribution in [3.63, 3.8) is 0 Å². The smallest absolute Gasteiger partial charge is 0.219 e. The van der Waals surface area contributed by atoms with E-state index >= 15 is 0 Å². The number of benzene rings is 4. The van der Waals surface area contributed by atoms with E-state index in [1.54, 1.807) is 6.20 Å². The molecular formula is C29H20N2O. The largest absolute Gasteiger partial charge is 0.439 e. The summed E-state index contributed by atoms with van der Waals surface area (Å²) >= 11 is 0. The number of pyridine rings is 2. The maximum Gasteiger partial charge on any atom is 0.219 e. The van der Waals surface area contributed by atoms with Gasteiger partial charge < -0.3 is 4.74 Å². The lowest BCUT2D eigenvalue weighted by Crippen LogP contribution is -1.92. The van der Waals surface area contributed by atoms with Gasteiger partial charge in [-0.15, -0.1) is 0 Å². The first-order chi connectivity index (χ1) is 15.8. The van der Waals surface area contributed by atoms with Crippen LogP contribution in [0.5, 0.6) is 11.6 Å². The summed E-state index contributed by atoms with van der Waals surface area (Å²) in [5, 5.41) is 6.13. The van der Waals surface area contributed by atoms with E-state index in [0.717, 1.165) is 17.7 Å². The standard InChI is InChI=1S/C29H20N2O/c1-2-10-24-23(9-1)25-14-13-21(19-27(25)29-26(24)11-6-16-31-29)17-20-7-5-8-22(18-20)32-28-12-3-4-15-30-28/h1-16,18-19H,17H2. The highest BCUT2D eigenvalue weighted by Crippen LogP contribution is 2.34. The first-order valence-corrected chi connectivity index (χ1v) is 10.7. The van der Waals surface area contributed by atoms with Gasteiger partial charge in [-0.25, -0.2) is 4.98 Å². The van der Waals surface area contributed by atoms with Crippen molar-refractivity contribution in [3.05, 3.63) is 121 Å². The predicted octanol–water partition coefficient (Wildman–Crippen LogP) is 7.32. The van der Waals surface area contributed by atoms with Crippen LogP contribution in [-0.2, 0) is 6.42 Å². The molecule has 0 radical (unpaired) electrons. The lowest BCUT2D eigenvalue weighted by atomic mass is 9.94. The van der Waals surface area contributed by atoms with Gasteiger partial charge in [-0.3, -0.25) is 4.98 Å². The second-order valence-corrected chi connectivity index (χ2v) is 7.92. The van der Waals surface area contributed by atoms with Crippen LogP contribution in [0.15, 0.2) is 109 Å². The van der Waals surface area contributed by atoms with E-state index in [1.165, 1.54) is 38.1 Å². The monoisotopic (exact) mass is 412 g/mol. The molecule has 2 aromatic heterocycles. The average Bonchev–Trinajstić information content (AvgIpc) is 2.85. The van der Waals surface area contributed by atoms with E-state index in [1.807, 2.05) is 42.6 Å². The summed E-state index contributed by atoms with van der Waals surface area (Å²) in [5.41, 5.74) is 3.49. The fraction of sp³-hybridized carbons (Fsp3) is 0.0345. The van der Waals surface area contributed by atoms with Gasteiger partial charge in [0.25, 0.3) is 0 Å². The predicted molar refractivity (Wildman–Crippen MR) is 130 cm³/mol. The molecular weight excluding hydrogens is 392 g/mol. The van der Waals surface area contributed by atoms with Crippen molar-refractivity contribution in [2.45, 2.75) is 6.42 Å². The molecule has 0 fully saturated rings. The molecule has 152 valence electrons. The molecule has 0 aliphatic rings. The highest BCUT2D eigenvalue weighted by atomic mass is 16.5. The molecule has 2 heterocycles. The molecule has 3 heteroatoms. The second-order valence-electron chi connectivity index (χ2n) is 7.92. The van der Waals surface area contributed by atoms with Gasteiger partial charge >= 0.3 is 0 Å². The lowest BCUT2D eigenvalue weighted by molar-refractivity contribution is 0.462. The Balaban J connectivity index is 1.41. The first-order valence-electron chi connectivity index (χ1n) is 10.7. The normalized spacial score (nSPS) is 11.2. The van der Waals surface area contributed by atoms with Crippen molar-refractivity contribution in [1.82, 2.24) is 9.97 Å². The zero-order valence-corrected chi connectivity index (χ0v) is 17.4. The van der Waals surface area contributed by atoms with Crippen LogP contribution in [0.4, 0.5) is 0 Å². The summed E-state index contributed by atoms with van der Waals surface area (Å²) in [5.74, 6) is 1.39. The molecule has 0 atom stereocenters. The van der Waals surface area contributed by atoms with Crippen molar-refractivity contribution in [1.29, 1.82) is 0 Å². The molecule has 0 spiro atoms. The van der Waals surface area contributed by atoms with E-state index in [4.69, 9.17) is 9.72 Å². The van der Waals surface area contributed by atoms with E-state index < -0.39 is 0 Å². The molecule has 6 rings (SSSR count). The molecule has 4 aromatic carbocycles. The van der Waals surface area contributed by atoms with E-state index in [9.17, 15) is 0 Å². The molecule has 3 nitrogen and oxygen atoms in total. The Bertz CT molecular complexity index is 1540. The van der Waals surface area contributed by atoms with Gasteiger partial charge in [-0.1, -0.05) is 60.7 Å². The van der Waals surface area contributed by atoms with Gasteiger partial charge in [0.2, 0.25) is 5.88 Å². The summed E-state index contributed by atoms with van der Waals surface area (Å²) in [6.07, 6.45) is 4.43. The van der Waals surface area contributed by atoms with Crippen LogP contribution in [0, 0.1) is 0 Å². The van der Waals surface area contributed by atoms with Crippen LogP contribution in [0.2, 0.25) is 0 Å². The molecule has 0 N–H and O–H groups in total. The van der Waals surface area contributed by atoms with Gasteiger partial charge in [0.15, 0.2) is 0 Å². The summed E-state index contributed by atoms with van der Waals surface area (Å²) in [4.78, 5) is 8.99. The number of nitrogens with zero attached hydrogens (tertiary/aromatic N) is 2. The fourth-order valence-electron chi connectivity index (χ4n) is 4.41. The number of aromatic nitrogens is 2. The number of hydrogen-bond donors (Lipinski definition) is 0. The van der Waals surface area contributed by atoms with Crippen LogP contribution >= 0.6 is 0 Å². The Morgan fingerprint density at radius 2 is 1.28 bits per heavy atom. The summed E-state index contributed by atoms with van der Waals surface area (Å²) in [6, 6.07) is 33.3. The van der Waals surface area contributed by atoms with E-state index in [0.29, 0.717) is 5.88 Å². The zero-order valence-electron chi connectivity index (χ0n) is 17.4. The second kappa shape index (κ2) is 7.78. The van der Waals surface area contributed by atoms with Crippen LogP contribution in [-0.4, -0.2) is 9.97 Å². The first kappa shape index (κ1) is 18.5. The minimum absolute atomic E-state index is 0.597. The zero-order chi connectivity index (χ0) is 21.3. The molecule has 0 bridgehead atoms. The van der Waals surface area contributed by atoms with Crippen LogP contribution < -0.4 is 4.74 Å². The molecule has 0 unspecified atom stereocenters. The van der Waals surface area contributed by atoms with Gasteiger partial charge in [-0.2, -0.15) is 0 Å². The molecule has 0 aliphatic carbocycles. The Labute approximate surface area is 186 Å². The molecule has 32 heavy (non-hydrogen) atoms. The SMILES string of the molecule is c1ccc(Oc2cccc(Cc3ccc4c5ccccc5c5cccnc5c4c3)c2)nc1. The van der Waals surface area contributed by atoms with Crippen molar-refractivity contribution in [2.24, 2.45) is 0 Å². The molecule has 0 saturated carbocycles. The van der Waals surface area contributed by atoms with Crippen molar-refractivity contribution >= 4 is 32.4 Å². The average molecular weight is 412 g/mol. The fourth-order valence-corrected chi connectivity index (χ4v) is 4.41. The van der Waals surface area contributed by atoms with Crippen LogP contribution in [0.1, 0.15) is 11.1 Å². The minimum atomic E-state index is 0.597. The Hall–Kier alpha value is -4.24. The molecule has 6 aromatic rings. The number of ether oxygens (including phenoxy) is 1. The highest BCUT2D eigenvalue weighted by molar-refractivity contribution is 6.24.